The minimum atomic E-state index is -0.891. The van der Waals surface area contributed by atoms with E-state index in [0.29, 0.717) is 37.7 Å². The molecule has 2 amide bonds. The monoisotopic (exact) mass is 430 g/mol. The Morgan fingerprint density at radius 1 is 1.06 bits per heavy atom. The number of likely N-dealkylation sites (tertiary alicyclic amines) is 1. The normalized spacial score (nSPS) is 15.6. The minimum Gasteiger partial charge on any atom is -0.481 e. The molecule has 0 bridgehead atoms. The molecule has 1 fully saturated rings. The molecule has 1 aliphatic heterocycles. The van der Waals surface area contributed by atoms with E-state index in [1.165, 1.54) is 0 Å². The second kappa shape index (κ2) is 9.90. The standard InChI is InChI=1S/C24H28F2N2O3/c1-15(2)19-6-4-5-7-22(19)31-16(3)24(30)28-12-10-18(11-13-28)27-23(29)20-9-8-17(25)14-21(20)26/h4-9,14-16,18H,10-13H2,1-3H3,(H,27,29). The van der Waals surface area contributed by atoms with Crippen molar-refractivity contribution in [2.45, 2.75) is 51.7 Å². The number of carbonyl (C=O) groups is 2. The van der Waals surface area contributed by atoms with Crippen molar-refractivity contribution < 1.29 is 23.1 Å². The first-order valence-electron chi connectivity index (χ1n) is 10.6. The van der Waals surface area contributed by atoms with E-state index in [4.69, 9.17) is 4.74 Å². The van der Waals surface area contributed by atoms with E-state index in [-0.39, 0.29) is 23.4 Å². The largest absolute Gasteiger partial charge is 0.481 e. The summed E-state index contributed by atoms with van der Waals surface area (Å²) >= 11 is 0. The molecule has 166 valence electrons. The number of para-hydroxylation sites is 1. The number of nitrogens with zero attached hydrogens (tertiary/aromatic N) is 1. The van der Waals surface area contributed by atoms with Crippen LogP contribution >= 0.6 is 0 Å². The van der Waals surface area contributed by atoms with E-state index in [0.717, 1.165) is 17.7 Å². The topological polar surface area (TPSA) is 58.6 Å². The van der Waals surface area contributed by atoms with Gasteiger partial charge in [-0.05, 0) is 49.4 Å². The van der Waals surface area contributed by atoms with Crippen LogP contribution in [-0.2, 0) is 4.79 Å². The maximum atomic E-state index is 13.8. The second-order valence-corrected chi connectivity index (χ2v) is 8.15. The van der Waals surface area contributed by atoms with Gasteiger partial charge in [0.05, 0.1) is 5.56 Å². The van der Waals surface area contributed by atoms with E-state index in [2.05, 4.69) is 19.2 Å². The van der Waals surface area contributed by atoms with Crippen molar-refractivity contribution in [1.29, 1.82) is 0 Å². The van der Waals surface area contributed by atoms with Crippen molar-refractivity contribution in [1.82, 2.24) is 10.2 Å². The van der Waals surface area contributed by atoms with E-state index in [1.54, 1.807) is 11.8 Å². The molecule has 1 aliphatic rings. The second-order valence-electron chi connectivity index (χ2n) is 8.15. The van der Waals surface area contributed by atoms with Gasteiger partial charge in [-0.25, -0.2) is 8.78 Å². The molecule has 0 aliphatic carbocycles. The molecule has 1 heterocycles. The zero-order valence-electron chi connectivity index (χ0n) is 18.0. The summed E-state index contributed by atoms with van der Waals surface area (Å²) in [6.45, 7) is 6.83. The number of piperidine rings is 1. The van der Waals surface area contributed by atoms with Gasteiger partial charge in [0.25, 0.3) is 11.8 Å². The Bertz CT molecular complexity index is 940. The lowest BCUT2D eigenvalue weighted by molar-refractivity contribution is -0.139. The molecule has 1 atom stereocenters. The summed E-state index contributed by atoms with van der Waals surface area (Å²) < 4.78 is 32.8. The predicted molar refractivity (Wildman–Crippen MR) is 114 cm³/mol. The van der Waals surface area contributed by atoms with Crippen LogP contribution < -0.4 is 10.1 Å². The van der Waals surface area contributed by atoms with Gasteiger partial charge in [-0.15, -0.1) is 0 Å². The average molecular weight is 430 g/mol. The van der Waals surface area contributed by atoms with E-state index in [9.17, 15) is 18.4 Å². The van der Waals surface area contributed by atoms with Gasteiger partial charge in [0.1, 0.15) is 17.4 Å². The molecular formula is C24H28F2N2O3. The van der Waals surface area contributed by atoms with Crippen molar-refractivity contribution in [2.75, 3.05) is 13.1 Å². The van der Waals surface area contributed by atoms with Gasteiger partial charge in [0, 0.05) is 25.2 Å². The Kier molecular flexibility index (Phi) is 7.25. The number of carbonyl (C=O) groups excluding carboxylic acids is 2. The van der Waals surface area contributed by atoms with Gasteiger partial charge in [-0.1, -0.05) is 32.0 Å². The summed E-state index contributed by atoms with van der Waals surface area (Å²) in [5, 5.41) is 2.77. The minimum absolute atomic E-state index is 0.104. The number of hydrogen-bond acceptors (Lipinski definition) is 3. The number of hydrogen-bond donors (Lipinski definition) is 1. The fraction of sp³-hybridized carbons (Fsp3) is 0.417. The summed E-state index contributed by atoms with van der Waals surface area (Å²) in [4.78, 5) is 26.8. The van der Waals surface area contributed by atoms with E-state index >= 15 is 0 Å². The quantitative estimate of drug-likeness (QED) is 0.744. The van der Waals surface area contributed by atoms with Gasteiger partial charge < -0.3 is 15.0 Å². The van der Waals surface area contributed by atoms with Crippen LogP contribution in [-0.4, -0.2) is 41.9 Å². The van der Waals surface area contributed by atoms with Crippen molar-refractivity contribution in [3.8, 4) is 5.75 Å². The van der Waals surface area contributed by atoms with Crippen LogP contribution in [0.15, 0.2) is 42.5 Å². The highest BCUT2D eigenvalue weighted by Crippen LogP contribution is 2.27. The maximum absolute atomic E-state index is 13.8. The van der Waals surface area contributed by atoms with Crippen LogP contribution in [0.3, 0.4) is 0 Å². The smallest absolute Gasteiger partial charge is 0.263 e. The highest BCUT2D eigenvalue weighted by Gasteiger charge is 2.28. The number of amides is 2. The summed E-state index contributed by atoms with van der Waals surface area (Å²) in [6, 6.07) is 10.4. The number of halogens is 2. The molecule has 0 radical (unpaired) electrons. The molecule has 0 saturated carbocycles. The van der Waals surface area contributed by atoms with Gasteiger partial charge in [0.2, 0.25) is 0 Å². The van der Waals surface area contributed by atoms with Crippen LogP contribution in [0.1, 0.15) is 55.5 Å². The van der Waals surface area contributed by atoms with Gasteiger partial charge >= 0.3 is 0 Å². The van der Waals surface area contributed by atoms with Crippen LogP contribution in [0.4, 0.5) is 8.78 Å². The van der Waals surface area contributed by atoms with Gasteiger partial charge in [-0.3, -0.25) is 9.59 Å². The zero-order chi connectivity index (χ0) is 22.5. The highest BCUT2D eigenvalue weighted by molar-refractivity contribution is 5.94. The van der Waals surface area contributed by atoms with Crippen LogP contribution in [0.5, 0.6) is 5.75 Å². The first-order valence-corrected chi connectivity index (χ1v) is 10.6. The Morgan fingerprint density at radius 2 is 1.74 bits per heavy atom. The van der Waals surface area contributed by atoms with Gasteiger partial charge in [-0.2, -0.15) is 0 Å². The Morgan fingerprint density at radius 3 is 2.39 bits per heavy atom. The molecule has 2 aromatic rings. The van der Waals surface area contributed by atoms with E-state index in [1.807, 2.05) is 24.3 Å². The van der Waals surface area contributed by atoms with Crippen molar-refractivity contribution in [2.24, 2.45) is 0 Å². The number of nitrogens with one attached hydrogen (secondary N) is 1. The predicted octanol–water partition coefficient (Wildman–Crippen LogP) is 4.28. The third-order valence-electron chi connectivity index (χ3n) is 5.51. The lowest BCUT2D eigenvalue weighted by Crippen LogP contribution is -2.49. The van der Waals surface area contributed by atoms with Gasteiger partial charge in [0.15, 0.2) is 6.10 Å². The molecule has 2 aromatic carbocycles. The Labute approximate surface area is 181 Å². The average Bonchev–Trinajstić information content (AvgIpc) is 2.73. The molecular weight excluding hydrogens is 402 g/mol. The molecule has 0 spiro atoms. The molecule has 1 N–H and O–H groups in total. The summed E-state index contributed by atoms with van der Waals surface area (Å²) in [6.07, 6.45) is 0.477. The maximum Gasteiger partial charge on any atom is 0.263 e. The zero-order valence-corrected chi connectivity index (χ0v) is 18.0. The van der Waals surface area contributed by atoms with Crippen molar-refractivity contribution >= 4 is 11.8 Å². The third kappa shape index (κ3) is 5.60. The first-order chi connectivity index (χ1) is 14.8. The van der Waals surface area contributed by atoms with Crippen LogP contribution in [0.2, 0.25) is 0 Å². The molecule has 3 rings (SSSR count). The Balaban J connectivity index is 1.53. The molecule has 1 unspecified atom stereocenters. The molecule has 31 heavy (non-hydrogen) atoms. The lowest BCUT2D eigenvalue weighted by atomic mass is 10.0. The summed E-state index contributed by atoms with van der Waals surface area (Å²) in [7, 11) is 0. The summed E-state index contributed by atoms with van der Waals surface area (Å²) in [5.74, 6) is -1.31. The molecule has 0 aromatic heterocycles. The lowest BCUT2D eigenvalue weighted by Gasteiger charge is -2.34. The number of ether oxygens (including phenoxy) is 1. The fourth-order valence-corrected chi connectivity index (χ4v) is 3.74. The van der Waals surface area contributed by atoms with Crippen LogP contribution in [0, 0.1) is 11.6 Å². The SMILES string of the molecule is CC(Oc1ccccc1C(C)C)C(=O)N1CCC(NC(=O)c2ccc(F)cc2F)CC1. The van der Waals surface area contributed by atoms with Crippen molar-refractivity contribution in [3.05, 3.63) is 65.2 Å². The fourth-order valence-electron chi connectivity index (χ4n) is 3.74. The molecule has 5 nitrogen and oxygen atoms in total. The van der Waals surface area contributed by atoms with Crippen LogP contribution in [0.25, 0.3) is 0 Å². The molecule has 7 heteroatoms. The highest BCUT2D eigenvalue weighted by atomic mass is 19.1. The Hall–Kier alpha value is -2.96. The summed E-state index contributed by atoms with van der Waals surface area (Å²) in [5.41, 5.74) is 0.863. The van der Waals surface area contributed by atoms with Crippen molar-refractivity contribution in [3.63, 3.8) is 0 Å². The number of benzene rings is 2. The first kappa shape index (κ1) is 22.7. The van der Waals surface area contributed by atoms with E-state index < -0.39 is 23.6 Å². The molecule has 1 saturated heterocycles. The third-order valence-corrected chi connectivity index (χ3v) is 5.51. The number of rotatable bonds is 6.